The zero-order valence-electron chi connectivity index (χ0n) is 10.8. The lowest BCUT2D eigenvalue weighted by Gasteiger charge is -2.27. The first-order valence-corrected chi connectivity index (χ1v) is 6.46. The van der Waals surface area contributed by atoms with Crippen molar-refractivity contribution in [2.45, 2.75) is 65.3 Å². The lowest BCUT2D eigenvalue weighted by molar-refractivity contribution is 0.135. The van der Waals surface area contributed by atoms with E-state index in [1.54, 1.807) is 0 Å². The molecular weight excluding hydrogens is 186 g/mol. The van der Waals surface area contributed by atoms with Gasteiger partial charge < -0.3 is 5.73 Å². The van der Waals surface area contributed by atoms with E-state index < -0.39 is 0 Å². The van der Waals surface area contributed by atoms with Gasteiger partial charge in [-0.15, -0.1) is 0 Å². The molecule has 0 spiro atoms. The van der Waals surface area contributed by atoms with Crippen LogP contribution in [0.5, 0.6) is 0 Å². The highest BCUT2D eigenvalue weighted by molar-refractivity contribution is 4.62. The van der Waals surface area contributed by atoms with Crippen molar-refractivity contribution in [1.29, 1.82) is 0 Å². The first kappa shape index (κ1) is 14.9. The standard InChI is InChI=1S/C12H29N3/c1-4-6-7-8-9-10-12(3)15(5-2)14-11-13/h12,14H,4-11,13H2,1-3H3. The minimum Gasteiger partial charge on any atom is -0.317 e. The number of nitrogens with one attached hydrogen (secondary N) is 1. The number of rotatable bonds is 10. The van der Waals surface area contributed by atoms with Crippen LogP contribution in [-0.4, -0.2) is 24.3 Å². The molecule has 0 aliphatic carbocycles. The second-order valence-electron chi connectivity index (χ2n) is 4.20. The van der Waals surface area contributed by atoms with Crippen molar-refractivity contribution in [3.63, 3.8) is 0 Å². The molecule has 3 nitrogen and oxygen atoms in total. The predicted octanol–water partition coefficient (Wildman–Crippen LogP) is 2.48. The lowest BCUT2D eigenvalue weighted by Crippen LogP contribution is -2.46. The molecule has 0 saturated carbocycles. The van der Waals surface area contributed by atoms with Gasteiger partial charge in [0, 0.05) is 12.6 Å². The van der Waals surface area contributed by atoms with Crippen molar-refractivity contribution < 1.29 is 0 Å². The maximum absolute atomic E-state index is 5.48. The molecule has 0 fully saturated rings. The normalized spacial score (nSPS) is 13.4. The van der Waals surface area contributed by atoms with E-state index in [-0.39, 0.29) is 0 Å². The summed E-state index contributed by atoms with van der Waals surface area (Å²) < 4.78 is 0. The molecule has 0 heterocycles. The molecule has 0 rings (SSSR count). The first-order chi connectivity index (χ1) is 7.26. The van der Waals surface area contributed by atoms with Gasteiger partial charge in [0.1, 0.15) is 0 Å². The Morgan fingerprint density at radius 2 is 1.80 bits per heavy atom. The van der Waals surface area contributed by atoms with Gasteiger partial charge in [-0.3, -0.25) is 0 Å². The van der Waals surface area contributed by atoms with Gasteiger partial charge in [-0.1, -0.05) is 46.0 Å². The molecule has 0 aliphatic heterocycles. The molecule has 92 valence electrons. The van der Waals surface area contributed by atoms with Crippen molar-refractivity contribution in [3.8, 4) is 0 Å². The fourth-order valence-electron chi connectivity index (χ4n) is 1.90. The molecule has 0 radical (unpaired) electrons. The van der Waals surface area contributed by atoms with E-state index in [1.165, 1.54) is 38.5 Å². The Morgan fingerprint density at radius 1 is 1.13 bits per heavy atom. The summed E-state index contributed by atoms with van der Waals surface area (Å²) in [6, 6.07) is 0.597. The van der Waals surface area contributed by atoms with Crippen LogP contribution in [0, 0.1) is 0 Å². The van der Waals surface area contributed by atoms with Crippen molar-refractivity contribution >= 4 is 0 Å². The topological polar surface area (TPSA) is 41.3 Å². The number of nitrogens with zero attached hydrogens (tertiary/aromatic N) is 1. The number of nitrogens with two attached hydrogens (primary N) is 1. The average molecular weight is 215 g/mol. The van der Waals surface area contributed by atoms with Gasteiger partial charge in [-0.25, -0.2) is 10.4 Å². The van der Waals surface area contributed by atoms with Crippen LogP contribution in [0.4, 0.5) is 0 Å². The Hall–Kier alpha value is -0.120. The van der Waals surface area contributed by atoms with Crippen LogP contribution in [0.25, 0.3) is 0 Å². The van der Waals surface area contributed by atoms with E-state index >= 15 is 0 Å². The predicted molar refractivity (Wildman–Crippen MR) is 67.4 cm³/mol. The summed E-state index contributed by atoms with van der Waals surface area (Å²) in [5.74, 6) is 0. The molecule has 0 aliphatic rings. The Balaban J connectivity index is 3.48. The molecular formula is C12H29N3. The highest BCUT2D eigenvalue weighted by Crippen LogP contribution is 2.09. The van der Waals surface area contributed by atoms with Crippen molar-refractivity contribution in [3.05, 3.63) is 0 Å². The van der Waals surface area contributed by atoms with Crippen LogP contribution in [0.1, 0.15) is 59.3 Å². The fraction of sp³-hybridized carbons (Fsp3) is 1.00. The van der Waals surface area contributed by atoms with E-state index in [9.17, 15) is 0 Å². The van der Waals surface area contributed by atoms with E-state index in [2.05, 4.69) is 31.2 Å². The van der Waals surface area contributed by atoms with Crippen LogP contribution in [-0.2, 0) is 0 Å². The molecule has 0 aromatic rings. The van der Waals surface area contributed by atoms with Crippen LogP contribution >= 0.6 is 0 Å². The molecule has 1 atom stereocenters. The maximum atomic E-state index is 5.48. The second kappa shape index (κ2) is 10.4. The van der Waals surface area contributed by atoms with Gasteiger partial charge in [0.2, 0.25) is 0 Å². The molecule has 0 amide bonds. The van der Waals surface area contributed by atoms with E-state index in [1.807, 2.05) is 0 Å². The molecule has 1 unspecified atom stereocenters. The molecule has 3 N–H and O–H groups in total. The largest absolute Gasteiger partial charge is 0.317 e. The summed E-state index contributed by atoms with van der Waals surface area (Å²) in [4.78, 5) is 0. The van der Waals surface area contributed by atoms with Gasteiger partial charge in [-0.2, -0.15) is 0 Å². The van der Waals surface area contributed by atoms with E-state index in [0.717, 1.165) is 6.54 Å². The van der Waals surface area contributed by atoms with Crippen molar-refractivity contribution in [1.82, 2.24) is 10.4 Å². The molecule has 0 aromatic carbocycles. The Labute approximate surface area is 95.4 Å². The number of hydrogen-bond donors (Lipinski definition) is 2. The van der Waals surface area contributed by atoms with Gasteiger partial charge >= 0.3 is 0 Å². The summed E-state index contributed by atoms with van der Waals surface area (Å²) in [6.07, 6.45) is 8.07. The third-order valence-corrected chi connectivity index (χ3v) is 2.89. The maximum Gasteiger partial charge on any atom is 0.0567 e. The van der Waals surface area contributed by atoms with Gasteiger partial charge in [0.05, 0.1) is 6.67 Å². The molecule has 15 heavy (non-hydrogen) atoms. The first-order valence-electron chi connectivity index (χ1n) is 6.46. The minimum atomic E-state index is 0.536. The molecule has 0 aromatic heterocycles. The zero-order chi connectivity index (χ0) is 11.5. The van der Waals surface area contributed by atoms with Crippen LogP contribution in [0.3, 0.4) is 0 Å². The molecule has 0 bridgehead atoms. The van der Waals surface area contributed by atoms with Gasteiger partial charge in [-0.05, 0) is 13.3 Å². The Morgan fingerprint density at radius 3 is 2.33 bits per heavy atom. The lowest BCUT2D eigenvalue weighted by atomic mass is 10.1. The van der Waals surface area contributed by atoms with Gasteiger partial charge in [0.25, 0.3) is 0 Å². The van der Waals surface area contributed by atoms with E-state index in [4.69, 9.17) is 5.73 Å². The van der Waals surface area contributed by atoms with Crippen LogP contribution < -0.4 is 11.2 Å². The SMILES string of the molecule is CCCCCCCC(C)N(CC)NCN. The highest BCUT2D eigenvalue weighted by Gasteiger charge is 2.09. The summed E-state index contributed by atoms with van der Waals surface area (Å²) in [5.41, 5.74) is 8.68. The monoisotopic (exact) mass is 215 g/mol. The van der Waals surface area contributed by atoms with Crippen LogP contribution in [0.15, 0.2) is 0 Å². The number of unbranched alkanes of at least 4 members (excludes halogenated alkanes) is 4. The number of hydrogen-bond acceptors (Lipinski definition) is 3. The highest BCUT2D eigenvalue weighted by atomic mass is 15.5. The Bertz CT molecular complexity index is 128. The summed E-state index contributed by atoms with van der Waals surface area (Å²) >= 11 is 0. The van der Waals surface area contributed by atoms with Crippen molar-refractivity contribution in [2.75, 3.05) is 13.2 Å². The third kappa shape index (κ3) is 7.77. The quantitative estimate of drug-likeness (QED) is 0.334. The summed E-state index contributed by atoms with van der Waals surface area (Å²) in [6.45, 7) is 8.25. The third-order valence-electron chi connectivity index (χ3n) is 2.89. The Kier molecular flexibility index (Phi) is 10.3. The smallest absolute Gasteiger partial charge is 0.0567 e. The molecule has 3 heteroatoms. The van der Waals surface area contributed by atoms with Crippen molar-refractivity contribution in [2.24, 2.45) is 5.73 Å². The summed E-state index contributed by atoms with van der Waals surface area (Å²) in [5, 5.41) is 2.24. The second-order valence-corrected chi connectivity index (χ2v) is 4.20. The van der Waals surface area contributed by atoms with E-state index in [0.29, 0.717) is 12.7 Å². The summed E-state index contributed by atoms with van der Waals surface area (Å²) in [7, 11) is 0. The average Bonchev–Trinajstić information content (AvgIpc) is 2.25. The fourth-order valence-corrected chi connectivity index (χ4v) is 1.90. The molecule has 0 saturated heterocycles. The number of hydrazine groups is 1. The minimum absolute atomic E-state index is 0.536. The zero-order valence-corrected chi connectivity index (χ0v) is 10.8. The van der Waals surface area contributed by atoms with Crippen LogP contribution in [0.2, 0.25) is 0 Å². The van der Waals surface area contributed by atoms with Gasteiger partial charge in [0.15, 0.2) is 0 Å².